The van der Waals surface area contributed by atoms with Gasteiger partial charge < -0.3 is 15.2 Å². The first-order valence-electron chi connectivity index (χ1n) is 10.5. The fourth-order valence-electron chi connectivity index (χ4n) is 3.11. The molecule has 0 unspecified atom stereocenters. The monoisotopic (exact) mass is 474 g/mol. The van der Waals surface area contributed by atoms with Crippen molar-refractivity contribution in [2.75, 3.05) is 5.32 Å². The van der Waals surface area contributed by atoms with Crippen molar-refractivity contribution in [1.82, 2.24) is 14.1 Å². The van der Waals surface area contributed by atoms with Crippen LogP contribution in [0.2, 0.25) is 0 Å². The molecule has 9 nitrogen and oxygen atoms in total. The predicted octanol–water partition coefficient (Wildman–Crippen LogP) is 2.98. The molecule has 180 valence electrons. The molecule has 0 bridgehead atoms. The van der Waals surface area contributed by atoms with E-state index in [2.05, 4.69) is 10.3 Å². The Hall–Kier alpha value is -4.02. The maximum Gasteiger partial charge on any atom is 0.354 e. The Morgan fingerprint density at radius 2 is 1.76 bits per heavy atom. The van der Waals surface area contributed by atoms with Crippen molar-refractivity contribution >= 4 is 17.6 Å². The van der Waals surface area contributed by atoms with Crippen molar-refractivity contribution in [3.8, 4) is 5.75 Å². The zero-order chi connectivity index (χ0) is 25.0. The predicted molar refractivity (Wildman–Crippen MR) is 121 cm³/mol. The van der Waals surface area contributed by atoms with Crippen molar-refractivity contribution in [2.45, 2.75) is 40.0 Å². The molecule has 1 heterocycles. The maximum atomic E-state index is 14.4. The number of halogens is 2. The van der Waals surface area contributed by atoms with Crippen molar-refractivity contribution in [1.29, 1.82) is 0 Å². The standard InChI is InChI=1S/C23H24F2N4O5/c1-13(2)34-19-9-8-17(10-18(19)25)26-21-27-22(32)29(11-14(3)20(30)31)23(33)28(21)12-15-4-6-16(24)7-5-15/h4-10,13-14H,11-12H2,1-3H3,(H,30,31)(H,26,27,32)/t14-/m0/s1. The number of carbonyl (C=O) groups is 1. The van der Waals surface area contributed by atoms with Crippen molar-refractivity contribution in [3.05, 3.63) is 80.6 Å². The molecule has 0 aliphatic heterocycles. The SMILES string of the molecule is CC(C)Oc1ccc(Nc2nc(=O)n(C[C@H](C)C(=O)O)c(=O)n2Cc2ccc(F)cc2)cc1F. The number of nitrogens with one attached hydrogen (secondary N) is 1. The number of hydrogen-bond donors (Lipinski definition) is 2. The molecular formula is C23H24F2N4O5. The molecule has 3 rings (SSSR count). The third kappa shape index (κ3) is 5.85. The topological polar surface area (TPSA) is 115 Å². The number of aromatic nitrogens is 3. The van der Waals surface area contributed by atoms with Crippen LogP contribution in [0, 0.1) is 17.6 Å². The van der Waals surface area contributed by atoms with E-state index in [4.69, 9.17) is 9.84 Å². The molecule has 11 heteroatoms. The Bertz CT molecular complexity index is 1300. The van der Waals surface area contributed by atoms with Crippen LogP contribution in [0.25, 0.3) is 0 Å². The first kappa shape index (κ1) is 24.6. The Kier molecular flexibility index (Phi) is 7.44. The van der Waals surface area contributed by atoms with Crippen LogP contribution < -0.4 is 21.4 Å². The summed E-state index contributed by atoms with van der Waals surface area (Å²) < 4.78 is 34.9. The minimum Gasteiger partial charge on any atom is -0.488 e. The highest BCUT2D eigenvalue weighted by Crippen LogP contribution is 2.24. The lowest BCUT2D eigenvalue weighted by Crippen LogP contribution is -2.44. The lowest BCUT2D eigenvalue weighted by Gasteiger charge is -2.17. The van der Waals surface area contributed by atoms with Gasteiger partial charge in [0.2, 0.25) is 5.95 Å². The smallest absolute Gasteiger partial charge is 0.354 e. The average Bonchev–Trinajstić information content (AvgIpc) is 2.76. The molecule has 34 heavy (non-hydrogen) atoms. The summed E-state index contributed by atoms with van der Waals surface area (Å²) in [6.07, 6.45) is -0.239. The molecule has 0 aliphatic carbocycles. The number of anilines is 2. The quantitative estimate of drug-likeness (QED) is 0.490. The third-order valence-corrected chi connectivity index (χ3v) is 4.83. The van der Waals surface area contributed by atoms with Gasteiger partial charge in [-0.05, 0) is 43.7 Å². The number of aliphatic carboxylic acids is 1. The van der Waals surface area contributed by atoms with E-state index in [-0.39, 0.29) is 36.6 Å². The molecule has 1 aromatic heterocycles. The van der Waals surface area contributed by atoms with Crippen molar-refractivity contribution < 1.29 is 23.4 Å². The molecule has 3 aromatic rings. The summed E-state index contributed by atoms with van der Waals surface area (Å²) in [7, 11) is 0. The summed E-state index contributed by atoms with van der Waals surface area (Å²) in [5.74, 6) is -3.47. The highest BCUT2D eigenvalue weighted by molar-refractivity contribution is 5.69. The van der Waals surface area contributed by atoms with Crippen molar-refractivity contribution in [2.24, 2.45) is 5.92 Å². The average molecular weight is 474 g/mol. The summed E-state index contributed by atoms with van der Waals surface area (Å²) in [4.78, 5) is 40.8. The summed E-state index contributed by atoms with van der Waals surface area (Å²) in [5, 5.41) is 11.9. The second-order valence-electron chi connectivity index (χ2n) is 8.00. The van der Waals surface area contributed by atoms with Gasteiger partial charge in [-0.25, -0.2) is 22.9 Å². The van der Waals surface area contributed by atoms with E-state index in [9.17, 15) is 23.2 Å². The van der Waals surface area contributed by atoms with Gasteiger partial charge in [-0.3, -0.25) is 9.36 Å². The lowest BCUT2D eigenvalue weighted by atomic mass is 10.2. The second kappa shape index (κ2) is 10.3. The number of carboxylic acids is 1. The highest BCUT2D eigenvalue weighted by atomic mass is 19.1. The zero-order valence-electron chi connectivity index (χ0n) is 18.8. The van der Waals surface area contributed by atoms with Crippen LogP contribution in [0.5, 0.6) is 5.75 Å². The molecule has 1 atom stereocenters. The normalized spacial score (nSPS) is 11.9. The number of ether oxygens (including phenoxy) is 1. The van der Waals surface area contributed by atoms with E-state index in [0.717, 1.165) is 10.6 Å². The molecule has 0 saturated carbocycles. The van der Waals surface area contributed by atoms with E-state index in [1.807, 2.05) is 0 Å². The van der Waals surface area contributed by atoms with Crippen LogP contribution in [0.3, 0.4) is 0 Å². The fourth-order valence-corrected chi connectivity index (χ4v) is 3.11. The Labute approximate surface area is 193 Å². The minimum atomic E-state index is -1.18. The van der Waals surface area contributed by atoms with Gasteiger partial charge in [0.25, 0.3) is 0 Å². The molecule has 2 N–H and O–H groups in total. The largest absolute Gasteiger partial charge is 0.488 e. The Morgan fingerprint density at radius 1 is 1.09 bits per heavy atom. The lowest BCUT2D eigenvalue weighted by molar-refractivity contribution is -0.141. The Morgan fingerprint density at radius 3 is 2.35 bits per heavy atom. The third-order valence-electron chi connectivity index (χ3n) is 4.83. The van der Waals surface area contributed by atoms with E-state index >= 15 is 0 Å². The second-order valence-corrected chi connectivity index (χ2v) is 8.00. The van der Waals surface area contributed by atoms with E-state index < -0.39 is 34.9 Å². The highest BCUT2D eigenvalue weighted by Gasteiger charge is 2.19. The molecule has 0 saturated heterocycles. The summed E-state index contributed by atoms with van der Waals surface area (Å²) in [6, 6.07) is 9.36. The molecule has 0 radical (unpaired) electrons. The van der Waals surface area contributed by atoms with E-state index in [1.165, 1.54) is 43.3 Å². The molecule has 0 spiro atoms. The van der Waals surface area contributed by atoms with E-state index in [0.29, 0.717) is 10.1 Å². The van der Waals surface area contributed by atoms with Gasteiger partial charge in [-0.15, -0.1) is 0 Å². The van der Waals surface area contributed by atoms with Gasteiger partial charge in [-0.1, -0.05) is 19.1 Å². The first-order valence-corrected chi connectivity index (χ1v) is 10.5. The maximum absolute atomic E-state index is 14.4. The molecule has 0 fully saturated rings. The van der Waals surface area contributed by atoms with Crippen LogP contribution in [0.4, 0.5) is 20.4 Å². The van der Waals surface area contributed by atoms with Gasteiger partial charge in [0, 0.05) is 18.3 Å². The van der Waals surface area contributed by atoms with E-state index in [1.54, 1.807) is 13.8 Å². The summed E-state index contributed by atoms with van der Waals surface area (Å²) >= 11 is 0. The number of rotatable bonds is 9. The van der Waals surface area contributed by atoms with Crippen LogP contribution in [0.15, 0.2) is 52.1 Å². The van der Waals surface area contributed by atoms with Crippen LogP contribution >= 0.6 is 0 Å². The molecular weight excluding hydrogens is 450 g/mol. The molecule has 0 aliphatic rings. The van der Waals surface area contributed by atoms with Gasteiger partial charge in [0.1, 0.15) is 5.82 Å². The molecule has 0 amide bonds. The summed E-state index contributed by atoms with van der Waals surface area (Å²) in [5.41, 5.74) is -1.06. The minimum absolute atomic E-state index is 0.0373. The van der Waals surface area contributed by atoms with Crippen molar-refractivity contribution in [3.63, 3.8) is 0 Å². The van der Waals surface area contributed by atoms with Gasteiger partial charge in [0.05, 0.1) is 18.6 Å². The molecule has 2 aromatic carbocycles. The first-order chi connectivity index (χ1) is 16.0. The van der Waals surface area contributed by atoms with Crippen LogP contribution in [-0.2, 0) is 17.9 Å². The Balaban J connectivity index is 2.05. The fraction of sp³-hybridized carbons (Fsp3) is 0.304. The zero-order valence-corrected chi connectivity index (χ0v) is 18.8. The summed E-state index contributed by atoms with van der Waals surface area (Å²) in [6.45, 7) is 4.37. The van der Waals surface area contributed by atoms with Gasteiger partial charge in [0.15, 0.2) is 11.6 Å². The number of nitrogens with zero attached hydrogens (tertiary/aromatic N) is 3. The number of hydrogen-bond acceptors (Lipinski definition) is 6. The van der Waals surface area contributed by atoms with Gasteiger partial charge >= 0.3 is 17.3 Å². The van der Waals surface area contributed by atoms with Crippen LogP contribution in [-0.4, -0.2) is 31.3 Å². The van der Waals surface area contributed by atoms with Crippen LogP contribution in [0.1, 0.15) is 26.3 Å². The van der Waals surface area contributed by atoms with Gasteiger partial charge in [-0.2, -0.15) is 4.98 Å². The number of benzene rings is 2. The number of carboxylic acid groups (broad SMARTS) is 1.